The van der Waals surface area contributed by atoms with Gasteiger partial charge in [-0.1, -0.05) is 17.8 Å². The van der Waals surface area contributed by atoms with Crippen molar-refractivity contribution in [1.29, 1.82) is 0 Å². The van der Waals surface area contributed by atoms with Gasteiger partial charge in [0.25, 0.3) is 5.24 Å². The second-order valence-corrected chi connectivity index (χ2v) is 5.44. The van der Waals surface area contributed by atoms with Gasteiger partial charge in [-0.05, 0) is 19.1 Å². The van der Waals surface area contributed by atoms with Gasteiger partial charge in [0.2, 0.25) is 5.91 Å². The summed E-state index contributed by atoms with van der Waals surface area (Å²) in [7, 11) is 0. The highest BCUT2D eigenvalue weighted by Crippen LogP contribution is 2.17. The molecule has 1 aliphatic heterocycles. The first kappa shape index (κ1) is 13.9. The van der Waals surface area contributed by atoms with Crippen molar-refractivity contribution in [2.24, 2.45) is 0 Å². The normalized spacial score (nSPS) is 16.5. The molecule has 2 heterocycles. The highest BCUT2D eigenvalue weighted by molar-refractivity contribution is 8.13. The Bertz CT molecular complexity index is 452. The first-order chi connectivity index (χ1) is 9.16. The zero-order chi connectivity index (χ0) is 13.7. The zero-order valence-corrected chi connectivity index (χ0v) is 11.7. The number of hydrogen-bond donors (Lipinski definition) is 1. The maximum atomic E-state index is 11.8. The molecule has 1 saturated heterocycles. The van der Waals surface area contributed by atoms with Crippen LogP contribution in [0.3, 0.4) is 0 Å². The monoisotopic (exact) mass is 279 g/mol. The molecule has 19 heavy (non-hydrogen) atoms. The van der Waals surface area contributed by atoms with Crippen molar-refractivity contribution >= 4 is 22.9 Å². The van der Waals surface area contributed by atoms with Crippen LogP contribution in [0.25, 0.3) is 0 Å². The molecular weight excluding hydrogens is 262 g/mol. The Labute approximate surface area is 116 Å². The van der Waals surface area contributed by atoms with Gasteiger partial charge in [0.05, 0.1) is 11.7 Å². The molecule has 1 atom stereocenters. The molecule has 0 aliphatic carbocycles. The second-order valence-electron chi connectivity index (χ2n) is 4.40. The quantitative estimate of drug-likeness (QED) is 0.893. The first-order valence-corrected chi connectivity index (χ1v) is 7.27. The van der Waals surface area contributed by atoms with Gasteiger partial charge in [-0.2, -0.15) is 0 Å². The molecule has 5 nitrogen and oxygen atoms in total. The second kappa shape index (κ2) is 6.56. The number of pyridine rings is 1. The third-order valence-electron chi connectivity index (χ3n) is 2.96. The van der Waals surface area contributed by atoms with E-state index < -0.39 is 0 Å². The molecule has 0 spiro atoms. The molecule has 0 radical (unpaired) electrons. The molecule has 0 saturated carbocycles. The Hall–Kier alpha value is -1.56. The van der Waals surface area contributed by atoms with E-state index in [9.17, 15) is 9.59 Å². The van der Waals surface area contributed by atoms with E-state index in [1.807, 2.05) is 25.1 Å². The average Bonchev–Trinajstić information content (AvgIpc) is 2.83. The maximum Gasteiger partial charge on any atom is 0.281 e. The summed E-state index contributed by atoms with van der Waals surface area (Å²) < 4.78 is 0. The standard InChI is InChI=1S/C13H17N3O2S/c1-10(11-4-2-3-6-14-11)15-12(17)5-7-16-8-9-19-13(16)18/h2-4,6,10H,5,7-9H2,1H3,(H,15,17). The molecule has 102 valence electrons. The van der Waals surface area contributed by atoms with E-state index in [0.29, 0.717) is 13.0 Å². The van der Waals surface area contributed by atoms with Crippen LogP contribution in [0.4, 0.5) is 4.79 Å². The Morgan fingerprint density at radius 1 is 1.58 bits per heavy atom. The third-order valence-corrected chi connectivity index (χ3v) is 3.85. The molecule has 1 aromatic heterocycles. The molecule has 1 unspecified atom stereocenters. The van der Waals surface area contributed by atoms with Crippen LogP contribution in [0.5, 0.6) is 0 Å². The van der Waals surface area contributed by atoms with Gasteiger partial charge < -0.3 is 10.2 Å². The fourth-order valence-electron chi connectivity index (χ4n) is 1.89. The number of hydrogen-bond acceptors (Lipinski definition) is 4. The molecule has 0 bridgehead atoms. The lowest BCUT2D eigenvalue weighted by molar-refractivity contribution is -0.121. The summed E-state index contributed by atoms with van der Waals surface area (Å²) in [6, 6.07) is 5.50. The summed E-state index contributed by atoms with van der Waals surface area (Å²) in [6.07, 6.45) is 2.04. The number of thioether (sulfide) groups is 1. The first-order valence-electron chi connectivity index (χ1n) is 6.29. The van der Waals surface area contributed by atoms with Crippen molar-refractivity contribution in [3.8, 4) is 0 Å². The fraction of sp³-hybridized carbons (Fsp3) is 0.462. The van der Waals surface area contributed by atoms with Crippen LogP contribution < -0.4 is 5.32 Å². The number of nitrogens with zero attached hydrogens (tertiary/aromatic N) is 2. The predicted octanol–water partition coefficient (Wildman–Crippen LogP) is 1.82. The van der Waals surface area contributed by atoms with Crippen molar-refractivity contribution in [2.75, 3.05) is 18.8 Å². The zero-order valence-electron chi connectivity index (χ0n) is 10.8. The summed E-state index contributed by atoms with van der Waals surface area (Å²) in [5, 5.41) is 2.96. The Morgan fingerprint density at radius 3 is 3.05 bits per heavy atom. The summed E-state index contributed by atoms with van der Waals surface area (Å²) in [6.45, 7) is 3.14. The average molecular weight is 279 g/mol. The van der Waals surface area contributed by atoms with E-state index in [1.54, 1.807) is 11.1 Å². The van der Waals surface area contributed by atoms with Crippen LogP contribution in [0.15, 0.2) is 24.4 Å². The van der Waals surface area contributed by atoms with Gasteiger partial charge in [0, 0.05) is 31.5 Å². The Morgan fingerprint density at radius 2 is 2.42 bits per heavy atom. The van der Waals surface area contributed by atoms with Crippen molar-refractivity contribution in [3.05, 3.63) is 30.1 Å². The lowest BCUT2D eigenvalue weighted by Crippen LogP contribution is -2.32. The van der Waals surface area contributed by atoms with E-state index in [-0.39, 0.29) is 17.2 Å². The number of nitrogens with one attached hydrogen (secondary N) is 1. The molecule has 6 heteroatoms. The third kappa shape index (κ3) is 3.96. The van der Waals surface area contributed by atoms with E-state index in [1.165, 1.54) is 11.8 Å². The maximum absolute atomic E-state index is 11.8. The van der Waals surface area contributed by atoms with Crippen molar-refractivity contribution < 1.29 is 9.59 Å². The number of carbonyl (C=O) groups excluding carboxylic acids is 2. The van der Waals surface area contributed by atoms with Gasteiger partial charge in [-0.15, -0.1) is 0 Å². The van der Waals surface area contributed by atoms with Gasteiger partial charge in [-0.3, -0.25) is 14.6 Å². The van der Waals surface area contributed by atoms with Crippen LogP contribution in [0.2, 0.25) is 0 Å². The smallest absolute Gasteiger partial charge is 0.281 e. The van der Waals surface area contributed by atoms with Crippen molar-refractivity contribution in [1.82, 2.24) is 15.2 Å². The Balaban J connectivity index is 1.76. The number of carbonyl (C=O) groups is 2. The fourth-order valence-corrected chi connectivity index (χ4v) is 2.74. The van der Waals surface area contributed by atoms with Crippen LogP contribution in [-0.4, -0.2) is 39.9 Å². The van der Waals surface area contributed by atoms with Crippen LogP contribution in [-0.2, 0) is 4.79 Å². The number of amides is 2. The minimum absolute atomic E-state index is 0.0529. The van der Waals surface area contributed by atoms with Crippen LogP contribution in [0.1, 0.15) is 25.1 Å². The molecule has 1 fully saturated rings. The van der Waals surface area contributed by atoms with Gasteiger partial charge in [0.1, 0.15) is 0 Å². The van der Waals surface area contributed by atoms with Crippen molar-refractivity contribution in [2.45, 2.75) is 19.4 Å². The minimum Gasteiger partial charge on any atom is -0.348 e. The van der Waals surface area contributed by atoms with E-state index >= 15 is 0 Å². The minimum atomic E-state index is -0.114. The van der Waals surface area contributed by atoms with Crippen LogP contribution in [0, 0.1) is 0 Å². The van der Waals surface area contributed by atoms with E-state index in [2.05, 4.69) is 10.3 Å². The molecule has 1 aromatic rings. The van der Waals surface area contributed by atoms with Crippen molar-refractivity contribution in [3.63, 3.8) is 0 Å². The Kier molecular flexibility index (Phi) is 4.79. The van der Waals surface area contributed by atoms with E-state index in [4.69, 9.17) is 0 Å². The molecule has 2 amide bonds. The largest absolute Gasteiger partial charge is 0.348 e. The molecular formula is C13H17N3O2S. The summed E-state index contributed by atoms with van der Waals surface area (Å²) in [5.74, 6) is 0.771. The molecule has 0 aromatic carbocycles. The number of aromatic nitrogens is 1. The predicted molar refractivity (Wildman–Crippen MR) is 74.8 cm³/mol. The lowest BCUT2D eigenvalue weighted by atomic mass is 10.2. The van der Waals surface area contributed by atoms with Gasteiger partial charge in [-0.25, -0.2) is 0 Å². The molecule has 2 rings (SSSR count). The van der Waals surface area contributed by atoms with Gasteiger partial charge >= 0.3 is 0 Å². The highest BCUT2D eigenvalue weighted by Gasteiger charge is 2.21. The topological polar surface area (TPSA) is 62.3 Å². The number of rotatable bonds is 5. The van der Waals surface area contributed by atoms with Crippen LogP contribution >= 0.6 is 11.8 Å². The van der Waals surface area contributed by atoms with E-state index in [0.717, 1.165) is 18.0 Å². The summed E-state index contributed by atoms with van der Waals surface area (Å²) in [4.78, 5) is 29.1. The summed E-state index contributed by atoms with van der Waals surface area (Å²) in [5.41, 5.74) is 0.837. The SMILES string of the molecule is CC(NC(=O)CCN1CCSC1=O)c1ccccn1. The van der Waals surface area contributed by atoms with Gasteiger partial charge in [0.15, 0.2) is 0 Å². The highest BCUT2D eigenvalue weighted by atomic mass is 32.2. The summed E-state index contributed by atoms with van der Waals surface area (Å²) >= 11 is 1.31. The lowest BCUT2D eigenvalue weighted by Gasteiger charge is -2.16. The molecule has 1 N–H and O–H groups in total. The molecule has 1 aliphatic rings.